The van der Waals surface area contributed by atoms with Gasteiger partial charge in [0.2, 0.25) is 0 Å². The zero-order chi connectivity index (χ0) is 25.4. The number of anilines is 1. The van der Waals surface area contributed by atoms with E-state index in [1.54, 1.807) is 37.3 Å². The molecule has 0 aliphatic heterocycles. The molecule has 1 unspecified atom stereocenters. The van der Waals surface area contributed by atoms with E-state index in [2.05, 4.69) is 25.2 Å². The standard InChI is InChI=1S/C29H32N2O4/c1-5-34-26-17-25(29(4,28(32)33)31-24-13-11-21(18-30)12-14-24)27(16-23(26)15-20(2)3)35-19-22-9-7-6-8-10-22/h6-14,16-17,20,31H,5,15,19H2,1-4H3,(H,32,33). The highest BCUT2D eigenvalue weighted by molar-refractivity contribution is 5.85. The van der Waals surface area contributed by atoms with Crippen LogP contribution in [0.3, 0.4) is 0 Å². The molecule has 0 radical (unpaired) electrons. The van der Waals surface area contributed by atoms with Crippen molar-refractivity contribution in [3.63, 3.8) is 0 Å². The fourth-order valence-corrected chi connectivity index (χ4v) is 3.89. The highest BCUT2D eigenvalue weighted by Gasteiger charge is 2.39. The fraction of sp³-hybridized carbons (Fsp3) is 0.310. The van der Waals surface area contributed by atoms with Gasteiger partial charge in [-0.15, -0.1) is 0 Å². The molecule has 1 atom stereocenters. The minimum Gasteiger partial charge on any atom is -0.494 e. The van der Waals surface area contributed by atoms with E-state index in [9.17, 15) is 9.90 Å². The van der Waals surface area contributed by atoms with Gasteiger partial charge in [-0.05, 0) is 73.7 Å². The van der Waals surface area contributed by atoms with Gasteiger partial charge in [0.1, 0.15) is 18.1 Å². The van der Waals surface area contributed by atoms with Crippen LogP contribution >= 0.6 is 0 Å². The Hall–Kier alpha value is -3.98. The minimum absolute atomic E-state index is 0.301. The molecular weight excluding hydrogens is 440 g/mol. The van der Waals surface area contributed by atoms with Crippen LogP contribution in [0.25, 0.3) is 0 Å². The molecule has 3 aromatic carbocycles. The molecule has 6 heteroatoms. The first-order valence-corrected chi connectivity index (χ1v) is 11.8. The van der Waals surface area contributed by atoms with Crippen LogP contribution < -0.4 is 14.8 Å². The van der Waals surface area contributed by atoms with Gasteiger partial charge >= 0.3 is 5.97 Å². The SMILES string of the molecule is CCOc1cc(C(C)(Nc2ccc(C#N)cc2)C(=O)O)c(OCc2ccccc2)cc1CC(C)C. The van der Waals surface area contributed by atoms with Gasteiger partial charge in [-0.3, -0.25) is 0 Å². The van der Waals surface area contributed by atoms with Crippen molar-refractivity contribution in [2.45, 2.75) is 46.3 Å². The van der Waals surface area contributed by atoms with E-state index in [4.69, 9.17) is 14.7 Å². The first-order chi connectivity index (χ1) is 16.8. The summed E-state index contributed by atoms with van der Waals surface area (Å²) in [6.45, 7) is 8.53. The van der Waals surface area contributed by atoms with E-state index in [0.717, 1.165) is 17.5 Å². The molecule has 3 rings (SSSR count). The van der Waals surface area contributed by atoms with Crippen LogP contribution in [-0.2, 0) is 23.4 Å². The summed E-state index contributed by atoms with van der Waals surface area (Å²) in [4.78, 5) is 12.7. The number of aliphatic carboxylic acids is 1. The van der Waals surface area contributed by atoms with Crippen LogP contribution in [0.2, 0.25) is 0 Å². The van der Waals surface area contributed by atoms with Crippen LogP contribution in [0.4, 0.5) is 5.69 Å². The Morgan fingerprint density at radius 3 is 2.31 bits per heavy atom. The number of nitrogens with zero attached hydrogens (tertiary/aromatic N) is 1. The van der Waals surface area contributed by atoms with E-state index < -0.39 is 11.5 Å². The molecule has 0 heterocycles. The Labute approximate surface area is 207 Å². The number of carboxylic acid groups (broad SMARTS) is 1. The number of benzene rings is 3. The van der Waals surface area contributed by atoms with Crippen molar-refractivity contribution in [1.82, 2.24) is 0 Å². The second-order valence-corrected chi connectivity index (χ2v) is 9.01. The Morgan fingerprint density at radius 1 is 1.06 bits per heavy atom. The molecule has 0 aromatic heterocycles. The molecule has 0 spiro atoms. The Balaban J connectivity index is 2.11. The second kappa shape index (κ2) is 11.4. The van der Waals surface area contributed by atoms with E-state index in [-0.39, 0.29) is 0 Å². The Morgan fingerprint density at radius 2 is 1.74 bits per heavy atom. The van der Waals surface area contributed by atoms with Crippen molar-refractivity contribution < 1.29 is 19.4 Å². The number of rotatable bonds is 11. The maximum Gasteiger partial charge on any atom is 0.333 e. The molecule has 2 N–H and O–H groups in total. The van der Waals surface area contributed by atoms with E-state index in [0.29, 0.717) is 47.4 Å². The quantitative estimate of drug-likeness (QED) is 0.348. The molecule has 0 fully saturated rings. The van der Waals surface area contributed by atoms with Gasteiger partial charge < -0.3 is 19.9 Å². The molecule has 0 saturated carbocycles. The predicted molar refractivity (Wildman–Crippen MR) is 137 cm³/mol. The first kappa shape index (κ1) is 25.6. The lowest BCUT2D eigenvalue weighted by atomic mass is 9.88. The highest BCUT2D eigenvalue weighted by atomic mass is 16.5. The summed E-state index contributed by atoms with van der Waals surface area (Å²) < 4.78 is 12.2. The molecule has 0 saturated heterocycles. The maximum absolute atomic E-state index is 12.7. The topological polar surface area (TPSA) is 91.6 Å². The number of carbonyl (C=O) groups is 1. The van der Waals surface area contributed by atoms with Crippen molar-refractivity contribution in [2.24, 2.45) is 5.92 Å². The summed E-state index contributed by atoms with van der Waals surface area (Å²) in [7, 11) is 0. The number of carboxylic acids is 1. The largest absolute Gasteiger partial charge is 0.494 e. The second-order valence-electron chi connectivity index (χ2n) is 9.01. The van der Waals surface area contributed by atoms with Gasteiger partial charge in [0.15, 0.2) is 5.54 Å². The number of nitriles is 1. The van der Waals surface area contributed by atoms with Crippen LogP contribution in [0.1, 0.15) is 49.9 Å². The van der Waals surface area contributed by atoms with Gasteiger partial charge in [0, 0.05) is 11.3 Å². The summed E-state index contributed by atoms with van der Waals surface area (Å²) in [6.07, 6.45) is 0.768. The summed E-state index contributed by atoms with van der Waals surface area (Å²) in [5, 5.41) is 22.6. The zero-order valence-corrected chi connectivity index (χ0v) is 20.7. The van der Waals surface area contributed by atoms with Crippen molar-refractivity contribution in [1.29, 1.82) is 5.26 Å². The lowest BCUT2D eigenvalue weighted by Gasteiger charge is -2.31. The minimum atomic E-state index is -1.53. The summed E-state index contributed by atoms with van der Waals surface area (Å²) >= 11 is 0. The van der Waals surface area contributed by atoms with Gasteiger partial charge in [0.25, 0.3) is 0 Å². The average Bonchev–Trinajstić information content (AvgIpc) is 2.84. The van der Waals surface area contributed by atoms with Crippen LogP contribution in [0.15, 0.2) is 66.7 Å². The summed E-state index contributed by atoms with van der Waals surface area (Å²) in [5.41, 5.74) is 1.96. The number of ether oxygens (including phenoxy) is 2. The van der Waals surface area contributed by atoms with Crippen LogP contribution in [-0.4, -0.2) is 17.7 Å². The number of hydrogen-bond acceptors (Lipinski definition) is 5. The van der Waals surface area contributed by atoms with Crippen LogP contribution in [0, 0.1) is 17.2 Å². The molecule has 0 aliphatic rings. The van der Waals surface area contributed by atoms with Crippen molar-refractivity contribution in [3.05, 3.63) is 89.0 Å². The maximum atomic E-state index is 12.7. The zero-order valence-electron chi connectivity index (χ0n) is 20.7. The number of nitrogens with one attached hydrogen (secondary N) is 1. The van der Waals surface area contributed by atoms with Gasteiger partial charge in [-0.2, -0.15) is 5.26 Å². The summed E-state index contributed by atoms with van der Waals surface area (Å²) in [5.74, 6) is 0.450. The summed E-state index contributed by atoms with van der Waals surface area (Å²) in [6, 6.07) is 22.2. The first-order valence-electron chi connectivity index (χ1n) is 11.8. The van der Waals surface area contributed by atoms with Gasteiger partial charge in [-0.25, -0.2) is 4.79 Å². The third-order valence-electron chi connectivity index (χ3n) is 5.70. The van der Waals surface area contributed by atoms with Gasteiger partial charge in [-0.1, -0.05) is 44.2 Å². The third-order valence-corrected chi connectivity index (χ3v) is 5.70. The van der Waals surface area contributed by atoms with Crippen molar-refractivity contribution in [3.8, 4) is 17.6 Å². The fourth-order valence-electron chi connectivity index (χ4n) is 3.89. The van der Waals surface area contributed by atoms with Crippen molar-refractivity contribution >= 4 is 11.7 Å². The molecule has 0 aliphatic carbocycles. The molecule has 0 bridgehead atoms. The normalized spacial score (nSPS) is 12.5. The van der Waals surface area contributed by atoms with Crippen molar-refractivity contribution in [2.75, 3.05) is 11.9 Å². The number of hydrogen-bond donors (Lipinski definition) is 2. The molecule has 35 heavy (non-hydrogen) atoms. The average molecular weight is 473 g/mol. The lowest BCUT2D eigenvalue weighted by molar-refractivity contribution is -0.142. The molecule has 6 nitrogen and oxygen atoms in total. The molecular formula is C29H32N2O4. The molecule has 3 aromatic rings. The predicted octanol–water partition coefficient (Wildman–Crippen LogP) is 6.15. The van der Waals surface area contributed by atoms with E-state index in [1.807, 2.05) is 43.3 Å². The Kier molecular flexibility index (Phi) is 8.38. The van der Waals surface area contributed by atoms with Crippen LogP contribution in [0.5, 0.6) is 11.5 Å². The van der Waals surface area contributed by atoms with Gasteiger partial charge in [0.05, 0.1) is 18.2 Å². The molecule has 182 valence electrons. The molecule has 0 amide bonds. The Bertz CT molecular complexity index is 1180. The lowest BCUT2D eigenvalue weighted by Crippen LogP contribution is -2.41. The van der Waals surface area contributed by atoms with E-state index >= 15 is 0 Å². The third kappa shape index (κ3) is 6.33. The van der Waals surface area contributed by atoms with E-state index in [1.165, 1.54) is 0 Å². The smallest absolute Gasteiger partial charge is 0.333 e. The highest BCUT2D eigenvalue weighted by Crippen LogP contribution is 2.39. The monoisotopic (exact) mass is 472 g/mol.